The molecular weight excluding hydrogens is 144 g/mol. The van der Waals surface area contributed by atoms with Crippen molar-refractivity contribution in [3.8, 4) is 0 Å². The first-order chi connectivity index (χ1) is 5.16. The molecule has 0 radical (unpaired) electrons. The quantitative estimate of drug-likeness (QED) is 0.309. The third-order valence-corrected chi connectivity index (χ3v) is 1.37. The van der Waals surface area contributed by atoms with Crippen molar-refractivity contribution in [2.75, 3.05) is 6.54 Å². The van der Waals surface area contributed by atoms with Gasteiger partial charge in [-0.15, -0.1) is 0 Å². The number of nitrogens with one attached hydrogen (secondary N) is 1. The number of nitrogens with two attached hydrogens (primary N) is 1. The van der Waals surface area contributed by atoms with Crippen LogP contribution in [0.4, 0.5) is 0 Å². The highest BCUT2D eigenvalue weighted by Gasteiger charge is 2.04. The highest BCUT2D eigenvalue weighted by Crippen LogP contribution is 1.97. The first kappa shape index (κ1) is 10.8. The Morgan fingerprint density at radius 3 is 2.45 bits per heavy atom. The minimum absolute atomic E-state index is 0.610. The molecule has 5 N–H and O–H groups in total. The van der Waals surface area contributed by atoms with E-state index in [9.17, 15) is 0 Å². The maximum Gasteiger partial charge on any atom is 0.106 e. The van der Waals surface area contributed by atoms with Crippen molar-refractivity contribution in [1.82, 2.24) is 5.32 Å². The van der Waals surface area contributed by atoms with E-state index in [0.29, 0.717) is 13.0 Å². The van der Waals surface area contributed by atoms with E-state index < -0.39 is 12.5 Å². The fourth-order valence-corrected chi connectivity index (χ4v) is 0.844. The lowest BCUT2D eigenvalue weighted by Gasteiger charge is -2.14. The fraction of sp³-hybridized carbons (Fsp3) is 1.00. The maximum atomic E-state index is 9.13. The minimum Gasteiger partial charge on any atom is -0.379 e. The monoisotopic (exact) mass is 162 g/mol. The van der Waals surface area contributed by atoms with Crippen molar-refractivity contribution >= 4 is 0 Å². The highest BCUT2D eigenvalue weighted by molar-refractivity contribution is 4.54. The Bertz CT molecular complexity index is 88.5. The van der Waals surface area contributed by atoms with Crippen LogP contribution in [0.2, 0.25) is 0 Å². The van der Waals surface area contributed by atoms with Crippen molar-refractivity contribution in [2.24, 2.45) is 5.73 Å². The molecule has 4 nitrogen and oxygen atoms in total. The van der Waals surface area contributed by atoms with Crippen LogP contribution in [-0.4, -0.2) is 29.2 Å². The van der Waals surface area contributed by atoms with E-state index in [4.69, 9.17) is 15.9 Å². The van der Waals surface area contributed by atoms with Crippen LogP contribution in [0.3, 0.4) is 0 Å². The van der Waals surface area contributed by atoms with Gasteiger partial charge in [0.1, 0.15) is 12.5 Å². The predicted molar refractivity (Wildman–Crippen MR) is 43.7 cm³/mol. The second kappa shape index (κ2) is 6.54. The summed E-state index contributed by atoms with van der Waals surface area (Å²) < 4.78 is 0. The van der Waals surface area contributed by atoms with Crippen LogP contribution in [0.25, 0.3) is 0 Å². The second-order valence-electron chi connectivity index (χ2n) is 2.64. The Labute approximate surface area is 67.4 Å². The molecule has 0 aromatic carbocycles. The summed E-state index contributed by atoms with van der Waals surface area (Å²) in [5.41, 5.74) is 5.26. The molecule has 68 valence electrons. The molecule has 0 aromatic heterocycles. The van der Waals surface area contributed by atoms with Gasteiger partial charge in [0.15, 0.2) is 0 Å². The molecule has 0 saturated carbocycles. The molecule has 0 aliphatic carbocycles. The van der Waals surface area contributed by atoms with Crippen LogP contribution in [0.15, 0.2) is 0 Å². The van der Waals surface area contributed by atoms with Gasteiger partial charge in [-0.2, -0.15) is 0 Å². The maximum absolute atomic E-state index is 9.13. The summed E-state index contributed by atoms with van der Waals surface area (Å²) in [6.45, 7) is 2.23. The van der Waals surface area contributed by atoms with Gasteiger partial charge in [0.05, 0.1) is 0 Å². The Balaban J connectivity index is 3.15. The first-order valence-electron chi connectivity index (χ1n) is 3.99. The number of hydrogen-bond acceptors (Lipinski definition) is 4. The lowest BCUT2D eigenvalue weighted by atomic mass is 10.2. The average Bonchev–Trinajstić information content (AvgIpc) is 1.86. The minimum atomic E-state index is -0.650. The molecule has 2 atom stereocenters. The van der Waals surface area contributed by atoms with Crippen molar-refractivity contribution in [3.05, 3.63) is 0 Å². The predicted octanol–water partition coefficient (Wildman–Crippen LogP) is -0.638. The summed E-state index contributed by atoms with van der Waals surface area (Å²) in [7, 11) is 0. The van der Waals surface area contributed by atoms with Crippen LogP contribution in [0.5, 0.6) is 0 Å². The number of rotatable bonds is 6. The SMILES string of the molecule is CC(O)NC(O)CCCCN. The third-order valence-electron chi connectivity index (χ3n) is 1.37. The van der Waals surface area contributed by atoms with Crippen molar-refractivity contribution < 1.29 is 10.2 Å². The molecule has 0 spiro atoms. The normalized spacial score (nSPS) is 16.4. The molecule has 0 aliphatic rings. The van der Waals surface area contributed by atoms with E-state index in [1.54, 1.807) is 6.92 Å². The Morgan fingerprint density at radius 1 is 1.36 bits per heavy atom. The van der Waals surface area contributed by atoms with E-state index in [2.05, 4.69) is 5.32 Å². The first-order valence-corrected chi connectivity index (χ1v) is 3.99. The van der Waals surface area contributed by atoms with Gasteiger partial charge in [-0.05, 0) is 32.7 Å². The third kappa shape index (κ3) is 7.74. The van der Waals surface area contributed by atoms with E-state index >= 15 is 0 Å². The summed E-state index contributed by atoms with van der Waals surface area (Å²) in [5, 5.41) is 20.5. The smallest absolute Gasteiger partial charge is 0.106 e. The van der Waals surface area contributed by atoms with Crippen LogP contribution >= 0.6 is 0 Å². The van der Waals surface area contributed by atoms with Crippen LogP contribution in [0.1, 0.15) is 26.2 Å². The number of aliphatic hydroxyl groups excluding tert-OH is 2. The van der Waals surface area contributed by atoms with Gasteiger partial charge in [0, 0.05) is 0 Å². The molecule has 11 heavy (non-hydrogen) atoms. The molecule has 4 heteroatoms. The lowest BCUT2D eigenvalue weighted by Crippen LogP contribution is -2.36. The number of hydrogen-bond donors (Lipinski definition) is 4. The van der Waals surface area contributed by atoms with Gasteiger partial charge in [0.2, 0.25) is 0 Å². The molecule has 0 saturated heterocycles. The summed E-state index contributed by atoms with van der Waals surface area (Å²) in [6, 6.07) is 0. The summed E-state index contributed by atoms with van der Waals surface area (Å²) in [6.07, 6.45) is 1.18. The molecule has 0 fully saturated rings. The summed E-state index contributed by atoms with van der Waals surface area (Å²) in [5.74, 6) is 0. The van der Waals surface area contributed by atoms with Crippen molar-refractivity contribution in [1.29, 1.82) is 0 Å². The molecule has 0 amide bonds. The van der Waals surface area contributed by atoms with Gasteiger partial charge in [-0.25, -0.2) is 0 Å². The molecule has 0 aliphatic heterocycles. The number of aliphatic hydroxyl groups is 2. The molecule has 0 aromatic rings. The Kier molecular flexibility index (Phi) is 6.45. The van der Waals surface area contributed by atoms with Crippen molar-refractivity contribution in [3.63, 3.8) is 0 Å². The highest BCUT2D eigenvalue weighted by atomic mass is 16.3. The second-order valence-corrected chi connectivity index (χ2v) is 2.64. The van der Waals surface area contributed by atoms with Gasteiger partial charge in [-0.3, -0.25) is 5.32 Å². The van der Waals surface area contributed by atoms with Crippen LogP contribution < -0.4 is 11.1 Å². The number of unbranched alkanes of at least 4 members (excludes halogenated alkanes) is 1. The lowest BCUT2D eigenvalue weighted by molar-refractivity contribution is 0.0461. The van der Waals surface area contributed by atoms with Crippen LogP contribution in [0, 0.1) is 0 Å². The summed E-state index contributed by atoms with van der Waals surface area (Å²) in [4.78, 5) is 0. The van der Waals surface area contributed by atoms with E-state index in [-0.39, 0.29) is 0 Å². The Hall–Kier alpha value is -0.160. The average molecular weight is 162 g/mol. The van der Waals surface area contributed by atoms with Gasteiger partial charge in [-0.1, -0.05) is 0 Å². The fourth-order valence-electron chi connectivity index (χ4n) is 0.844. The van der Waals surface area contributed by atoms with E-state index in [1.807, 2.05) is 0 Å². The summed E-state index contributed by atoms with van der Waals surface area (Å²) >= 11 is 0. The van der Waals surface area contributed by atoms with E-state index in [0.717, 1.165) is 12.8 Å². The topological polar surface area (TPSA) is 78.5 Å². The molecule has 0 bridgehead atoms. The Morgan fingerprint density at radius 2 is 2.00 bits per heavy atom. The van der Waals surface area contributed by atoms with Gasteiger partial charge >= 0.3 is 0 Å². The van der Waals surface area contributed by atoms with Crippen LogP contribution in [-0.2, 0) is 0 Å². The molecular formula is C7H18N2O2. The zero-order valence-corrected chi connectivity index (χ0v) is 6.95. The standard InChI is InChI=1S/C7H18N2O2/c1-6(10)9-7(11)4-2-3-5-8/h6-7,9-11H,2-5,8H2,1H3. The van der Waals surface area contributed by atoms with Gasteiger partial charge < -0.3 is 15.9 Å². The molecule has 2 unspecified atom stereocenters. The molecule has 0 heterocycles. The largest absolute Gasteiger partial charge is 0.379 e. The zero-order valence-electron chi connectivity index (χ0n) is 6.95. The van der Waals surface area contributed by atoms with E-state index in [1.165, 1.54) is 0 Å². The zero-order chi connectivity index (χ0) is 8.69. The molecule has 0 rings (SSSR count). The van der Waals surface area contributed by atoms with Gasteiger partial charge in [0.25, 0.3) is 0 Å². The van der Waals surface area contributed by atoms with Crippen molar-refractivity contribution in [2.45, 2.75) is 38.6 Å².